The first-order chi connectivity index (χ1) is 13.2. The third-order valence-corrected chi connectivity index (χ3v) is 6.98. The van der Waals surface area contributed by atoms with Crippen molar-refractivity contribution in [3.63, 3.8) is 0 Å². The Hall–Kier alpha value is -1.79. The Morgan fingerprint density at radius 3 is 2.59 bits per heavy atom. The number of benzene rings is 2. The molecule has 1 fully saturated rings. The highest BCUT2D eigenvalue weighted by Gasteiger charge is 2.23. The van der Waals surface area contributed by atoms with Gasteiger partial charge in [0, 0.05) is 34.2 Å². The Bertz CT molecular complexity index is 787. The van der Waals surface area contributed by atoms with Gasteiger partial charge in [-0.25, -0.2) is 0 Å². The number of nitrogens with zero attached hydrogens (tertiary/aromatic N) is 1. The van der Waals surface area contributed by atoms with Gasteiger partial charge in [0.05, 0.1) is 19.9 Å². The van der Waals surface area contributed by atoms with Gasteiger partial charge < -0.3 is 14.8 Å². The second kappa shape index (κ2) is 8.48. The molecule has 2 aliphatic rings. The zero-order valence-corrected chi connectivity index (χ0v) is 17.2. The maximum Gasteiger partial charge on any atom is 0.170 e. The van der Waals surface area contributed by atoms with Gasteiger partial charge in [-0.1, -0.05) is 23.9 Å². The first-order valence-electron chi connectivity index (χ1n) is 9.18. The van der Waals surface area contributed by atoms with E-state index in [1.54, 1.807) is 26.0 Å². The summed E-state index contributed by atoms with van der Waals surface area (Å²) in [6, 6.07) is 12.8. The summed E-state index contributed by atoms with van der Waals surface area (Å²) >= 11 is 3.67. The molecule has 0 radical (unpaired) electrons. The average Bonchev–Trinajstić information content (AvgIpc) is 3.44. The average molecular weight is 401 g/mol. The summed E-state index contributed by atoms with van der Waals surface area (Å²) in [5.74, 6) is 3.70. The van der Waals surface area contributed by atoms with Crippen LogP contribution in [0.15, 0.2) is 51.2 Å². The summed E-state index contributed by atoms with van der Waals surface area (Å²) in [6.07, 6.45) is 5.67. The lowest BCUT2D eigenvalue weighted by atomic mass is 10.2. The van der Waals surface area contributed by atoms with Crippen molar-refractivity contribution in [2.75, 3.05) is 25.3 Å². The fraction of sp³-hybridized carbons (Fsp3) is 0.381. The van der Waals surface area contributed by atoms with Crippen molar-refractivity contribution in [1.29, 1.82) is 0 Å². The lowest BCUT2D eigenvalue weighted by molar-refractivity contribution is 0.354. The molecule has 0 bridgehead atoms. The van der Waals surface area contributed by atoms with Crippen LogP contribution in [0.1, 0.15) is 18.4 Å². The zero-order valence-electron chi connectivity index (χ0n) is 15.6. The Kier molecular flexibility index (Phi) is 5.83. The molecule has 0 saturated heterocycles. The molecule has 1 heterocycles. The van der Waals surface area contributed by atoms with Gasteiger partial charge in [-0.2, -0.15) is 0 Å². The maximum absolute atomic E-state index is 5.37. The number of hydrogen-bond acceptors (Lipinski definition) is 6. The smallest absolute Gasteiger partial charge is 0.170 e. The van der Waals surface area contributed by atoms with Crippen molar-refractivity contribution in [2.45, 2.75) is 34.6 Å². The predicted octanol–water partition coefficient (Wildman–Crippen LogP) is 5.32. The van der Waals surface area contributed by atoms with Gasteiger partial charge in [-0.15, -0.1) is 11.8 Å². The topological polar surface area (TPSA) is 42.9 Å². The largest absolute Gasteiger partial charge is 0.493 e. The molecule has 6 heteroatoms. The van der Waals surface area contributed by atoms with Crippen molar-refractivity contribution in [3.05, 3.63) is 42.0 Å². The highest BCUT2D eigenvalue weighted by Crippen LogP contribution is 2.45. The molecule has 1 N–H and O–H groups in total. The monoisotopic (exact) mass is 400 g/mol. The van der Waals surface area contributed by atoms with Crippen LogP contribution in [0.2, 0.25) is 0 Å². The summed E-state index contributed by atoms with van der Waals surface area (Å²) in [4.78, 5) is 7.18. The number of fused-ring (bicyclic) bond motifs is 1. The minimum absolute atomic E-state index is 0.00909. The van der Waals surface area contributed by atoms with Crippen LogP contribution in [0.3, 0.4) is 0 Å². The van der Waals surface area contributed by atoms with Crippen molar-refractivity contribution in [2.24, 2.45) is 10.9 Å². The van der Waals surface area contributed by atoms with Gasteiger partial charge in [0.2, 0.25) is 0 Å². The van der Waals surface area contributed by atoms with Crippen LogP contribution in [0, 0.1) is 5.92 Å². The molecular formula is C21H24N2O2S2. The molecule has 2 aromatic rings. The molecule has 2 aromatic carbocycles. The van der Waals surface area contributed by atoms with Gasteiger partial charge in [0.25, 0.3) is 0 Å². The molecule has 0 aromatic heterocycles. The van der Waals surface area contributed by atoms with Crippen LogP contribution >= 0.6 is 23.5 Å². The standard InChI is InChI=1S/C21H24N2O2S2/c1-24-18-11-17-20(12-19(18)25-2)27-21(23-17)22-10-9-14-5-7-16(8-6-14)26-13-15-3-4-15/h5-8,10-12,15,21,23H,3-4,9,13H2,1-2H3/b22-10+. The minimum Gasteiger partial charge on any atom is -0.493 e. The van der Waals surface area contributed by atoms with Gasteiger partial charge in [-0.3, -0.25) is 4.99 Å². The van der Waals surface area contributed by atoms with E-state index in [2.05, 4.69) is 34.6 Å². The number of rotatable bonds is 8. The molecule has 0 spiro atoms. The Morgan fingerprint density at radius 1 is 1.15 bits per heavy atom. The molecule has 1 aliphatic heterocycles. The molecule has 1 saturated carbocycles. The quantitative estimate of drug-likeness (QED) is 0.480. The number of methoxy groups -OCH3 is 2. The van der Waals surface area contributed by atoms with Crippen molar-refractivity contribution in [3.8, 4) is 11.5 Å². The van der Waals surface area contributed by atoms with E-state index < -0.39 is 0 Å². The van der Waals surface area contributed by atoms with Gasteiger partial charge in [-0.05, 0) is 42.5 Å². The van der Waals surface area contributed by atoms with E-state index in [9.17, 15) is 0 Å². The number of hydrogen-bond donors (Lipinski definition) is 1. The lowest BCUT2D eigenvalue weighted by Gasteiger charge is -2.09. The number of aliphatic imine (C=N–C) groups is 1. The summed E-state index contributed by atoms with van der Waals surface area (Å²) in [5, 5.41) is 3.42. The van der Waals surface area contributed by atoms with E-state index in [0.29, 0.717) is 0 Å². The first-order valence-corrected chi connectivity index (χ1v) is 11.0. The third kappa shape index (κ3) is 4.74. The van der Waals surface area contributed by atoms with Crippen molar-refractivity contribution >= 4 is 35.4 Å². The zero-order chi connectivity index (χ0) is 18.6. The SMILES string of the molecule is COc1cc2c(cc1OC)SC(/N=C/Cc1ccc(SCC3CC3)cc1)N2. The van der Waals surface area contributed by atoms with Crippen LogP contribution < -0.4 is 14.8 Å². The van der Waals surface area contributed by atoms with E-state index in [-0.39, 0.29) is 5.50 Å². The van der Waals surface area contributed by atoms with Crippen molar-refractivity contribution < 1.29 is 9.47 Å². The molecule has 4 nitrogen and oxygen atoms in total. The first kappa shape index (κ1) is 18.6. The van der Waals surface area contributed by atoms with E-state index in [1.807, 2.05) is 30.1 Å². The van der Waals surface area contributed by atoms with E-state index in [0.717, 1.165) is 34.4 Å². The number of anilines is 1. The van der Waals surface area contributed by atoms with Crippen LogP contribution in [0.25, 0.3) is 0 Å². The molecule has 142 valence electrons. The summed E-state index contributed by atoms with van der Waals surface area (Å²) in [6.45, 7) is 0. The van der Waals surface area contributed by atoms with Crippen LogP contribution in [0.5, 0.6) is 11.5 Å². The van der Waals surface area contributed by atoms with Crippen LogP contribution in [-0.4, -0.2) is 31.7 Å². The molecule has 1 atom stereocenters. The minimum atomic E-state index is -0.00909. The number of thioether (sulfide) groups is 2. The van der Waals surface area contributed by atoms with Gasteiger partial charge in [0.15, 0.2) is 17.0 Å². The Morgan fingerprint density at radius 2 is 1.89 bits per heavy atom. The van der Waals surface area contributed by atoms with Gasteiger partial charge in [0.1, 0.15) is 0 Å². The van der Waals surface area contributed by atoms with E-state index in [4.69, 9.17) is 9.47 Å². The van der Waals surface area contributed by atoms with E-state index >= 15 is 0 Å². The van der Waals surface area contributed by atoms with Crippen molar-refractivity contribution in [1.82, 2.24) is 0 Å². The molecule has 1 unspecified atom stereocenters. The fourth-order valence-electron chi connectivity index (χ4n) is 2.90. The summed E-state index contributed by atoms with van der Waals surface area (Å²) in [7, 11) is 3.31. The molecular weight excluding hydrogens is 376 g/mol. The second-order valence-electron chi connectivity index (χ2n) is 6.75. The summed E-state index contributed by atoms with van der Waals surface area (Å²) in [5.41, 5.74) is 2.32. The highest BCUT2D eigenvalue weighted by molar-refractivity contribution is 8.00. The number of ether oxygens (including phenoxy) is 2. The molecule has 4 rings (SSSR count). The van der Waals surface area contributed by atoms with Crippen LogP contribution in [-0.2, 0) is 6.42 Å². The summed E-state index contributed by atoms with van der Waals surface area (Å²) < 4.78 is 10.7. The lowest BCUT2D eigenvalue weighted by Crippen LogP contribution is -2.07. The Labute approximate surface area is 169 Å². The van der Waals surface area contributed by atoms with E-state index in [1.165, 1.54) is 29.1 Å². The molecule has 0 amide bonds. The third-order valence-electron chi connectivity index (χ3n) is 4.68. The highest BCUT2D eigenvalue weighted by atomic mass is 32.2. The maximum atomic E-state index is 5.37. The molecule has 27 heavy (non-hydrogen) atoms. The van der Waals surface area contributed by atoms with Gasteiger partial charge >= 0.3 is 0 Å². The number of nitrogens with one attached hydrogen (secondary N) is 1. The normalized spacial score (nSPS) is 18.4. The van der Waals surface area contributed by atoms with Crippen LogP contribution in [0.4, 0.5) is 5.69 Å². The predicted molar refractivity (Wildman–Crippen MR) is 115 cm³/mol. The Balaban J connectivity index is 1.31. The second-order valence-corrected chi connectivity index (χ2v) is 8.97. The fourth-order valence-corrected chi connectivity index (χ4v) is 4.98. The molecule has 1 aliphatic carbocycles.